The number of alkyl carbamates (subject to hydrolysis) is 1. The number of phenols is 1. The molecule has 0 fully saturated rings. The molecule has 3 atom stereocenters. The highest BCUT2D eigenvalue weighted by atomic mass is 16.6. The number of H-pyrrole nitrogens is 1. The van der Waals surface area contributed by atoms with Crippen LogP contribution >= 0.6 is 0 Å². The molecule has 0 bridgehead atoms. The lowest BCUT2D eigenvalue weighted by Gasteiger charge is -2.26. The lowest BCUT2D eigenvalue weighted by Crippen LogP contribution is -2.57. The lowest BCUT2D eigenvalue weighted by molar-refractivity contribution is -0.149. The fourth-order valence-corrected chi connectivity index (χ4v) is 5.00. The summed E-state index contributed by atoms with van der Waals surface area (Å²) in [5.41, 5.74) is 1.92. The van der Waals surface area contributed by atoms with E-state index in [0.29, 0.717) is 5.56 Å². The van der Waals surface area contributed by atoms with E-state index in [4.69, 9.17) is 9.47 Å². The minimum Gasteiger partial charge on any atom is -0.508 e. The van der Waals surface area contributed by atoms with E-state index in [1.165, 1.54) is 12.1 Å². The first-order valence-corrected chi connectivity index (χ1v) is 15.6. The standard InChI is InChI=1S/C36H40N4O9/c1-36(2,3)49-35(47)40-29(19-31(42)43)33(45)38-28(17-22-13-15-25(41)16-14-22)32(44)39-30(34(46)48-21-23-9-5-4-6-10-23)18-24-20-37-27-12-8-7-11-26(24)27/h4-16,20,28-30,37,41H,17-19,21H2,1-3H3,(H,38,45)(H,39,44)(H,40,47)(H,42,43)/t28-,29-,30-/m0/s1. The van der Waals surface area contributed by atoms with Crippen LogP contribution in [0.4, 0.5) is 4.79 Å². The van der Waals surface area contributed by atoms with Crippen LogP contribution in [0.25, 0.3) is 10.9 Å². The zero-order valence-electron chi connectivity index (χ0n) is 27.4. The van der Waals surface area contributed by atoms with Gasteiger partial charge < -0.3 is 40.6 Å². The zero-order chi connectivity index (χ0) is 35.6. The largest absolute Gasteiger partial charge is 0.508 e. The summed E-state index contributed by atoms with van der Waals surface area (Å²) in [5, 5.41) is 27.6. The lowest BCUT2D eigenvalue weighted by atomic mass is 10.0. The molecule has 4 rings (SSSR count). The minimum absolute atomic E-state index is 0.0168. The predicted octanol–water partition coefficient (Wildman–Crippen LogP) is 3.74. The summed E-state index contributed by atoms with van der Waals surface area (Å²) < 4.78 is 10.8. The second-order valence-electron chi connectivity index (χ2n) is 12.4. The molecular formula is C36H40N4O9. The molecule has 0 radical (unpaired) electrons. The average Bonchev–Trinajstić information content (AvgIpc) is 3.45. The summed E-state index contributed by atoms with van der Waals surface area (Å²) in [4.78, 5) is 68.2. The molecule has 0 saturated heterocycles. The summed E-state index contributed by atoms with van der Waals surface area (Å²) in [7, 11) is 0. The molecule has 0 aliphatic heterocycles. The number of carbonyl (C=O) groups excluding carboxylic acids is 4. The number of aliphatic carboxylic acids is 1. The Hall–Kier alpha value is -5.85. The number of nitrogens with one attached hydrogen (secondary N) is 4. The monoisotopic (exact) mass is 672 g/mol. The van der Waals surface area contributed by atoms with Crippen molar-refractivity contribution in [3.63, 3.8) is 0 Å². The van der Waals surface area contributed by atoms with Gasteiger partial charge in [-0.25, -0.2) is 9.59 Å². The van der Waals surface area contributed by atoms with Gasteiger partial charge in [0, 0.05) is 29.9 Å². The molecule has 13 nitrogen and oxygen atoms in total. The second kappa shape index (κ2) is 16.3. The Kier molecular flexibility index (Phi) is 12.0. The quantitative estimate of drug-likeness (QED) is 0.108. The molecule has 0 aliphatic carbocycles. The van der Waals surface area contributed by atoms with E-state index < -0.39 is 60.0 Å². The normalized spacial score (nSPS) is 13.0. The van der Waals surface area contributed by atoms with Crippen molar-refractivity contribution in [3.8, 4) is 5.75 Å². The van der Waals surface area contributed by atoms with Gasteiger partial charge in [0.25, 0.3) is 0 Å². The van der Waals surface area contributed by atoms with Crippen LogP contribution in [0.1, 0.15) is 43.9 Å². The number of benzene rings is 3. The van der Waals surface area contributed by atoms with E-state index in [1.54, 1.807) is 63.4 Å². The maximum Gasteiger partial charge on any atom is 0.408 e. The Morgan fingerprint density at radius 2 is 1.39 bits per heavy atom. The molecule has 3 amide bonds. The van der Waals surface area contributed by atoms with Crippen LogP contribution in [0, 0.1) is 0 Å². The van der Waals surface area contributed by atoms with Crippen LogP contribution in [0.2, 0.25) is 0 Å². The first kappa shape index (κ1) is 36.0. The van der Waals surface area contributed by atoms with Crippen molar-refractivity contribution in [1.29, 1.82) is 0 Å². The highest BCUT2D eigenvalue weighted by Gasteiger charge is 2.33. The number of esters is 1. The molecule has 0 saturated carbocycles. The van der Waals surface area contributed by atoms with Crippen molar-refractivity contribution >= 4 is 40.7 Å². The molecule has 0 spiro atoms. The summed E-state index contributed by atoms with van der Waals surface area (Å²) in [6.07, 6.45) is -0.141. The number of carboxylic acids is 1. The maximum atomic E-state index is 14.0. The number of fused-ring (bicyclic) bond motifs is 1. The first-order chi connectivity index (χ1) is 23.3. The van der Waals surface area contributed by atoms with Crippen LogP contribution in [-0.4, -0.2) is 68.8 Å². The van der Waals surface area contributed by atoms with E-state index in [0.717, 1.165) is 22.0 Å². The summed E-state index contributed by atoms with van der Waals surface area (Å²) >= 11 is 0. The molecule has 49 heavy (non-hydrogen) atoms. The Balaban J connectivity index is 1.60. The third kappa shape index (κ3) is 11.1. The SMILES string of the molecule is CC(C)(C)OC(=O)N[C@@H](CC(=O)O)C(=O)N[C@@H](Cc1ccc(O)cc1)C(=O)N[C@@H](Cc1c[nH]c2ccccc12)C(=O)OCc1ccccc1. The molecule has 13 heteroatoms. The first-order valence-electron chi connectivity index (χ1n) is 15.6. The number of para-hydroxylation sites is 1. The number of aromatic amines is 1. The highest BCUT2D eigenvalue weighted by Crippen LogP contribution is 2.20. The van der Waals surface area contributed by atoms with Gasteiger partial charge in [0.1, 0.15) is 36.1 Å². The molecule has 3 aromatic carbocycles. The van der Waals surface area contributed by atoms with E-state index in [9.17, 15) is 34.2 Å². The van der Waals surface area contributed by atoms with E-state index in [-0.39, 0.29) is 25.2 Å². The molecule has 1 heterocycles. The summed E-state index contributed by atoms with van der Waals surface area (Å²) in [6, 6.07) is 18.3. The van der Waals surface area contributed by atoms with Crippen molar-refractivity contribution < 1.29 is 43.7 Å². The van der Waals surface area contributed by atoms with Crippen molar-refractivity contribution in [2.24, 2.45) is 0 Å². The third-order valence-corrected chi connectivity index (χ3v) is 7.32. The van der Waals surface area contributed by atoms with Crippen LogP contribution in [0.5, 0.6) is 5.75 Å². The van der Waals surface area contributed by atoms with Crippen LogP contribution < -0.4 is 16.0 Å². The van der Waals surface area contributed by atoms with Gasteiger partial charge in [-0.2, -0.15) is 0 Å². The van der Waals surface area contributed by atoms with Crippen molar-refractivity contribution in [2.75, 3.05) is 0 Å². The molecule has 258 valence electrons. The Morgan fingerprint density at radius 3 is 2.06 bits per heavy atom. The number of hydrogen-bond donors (Lipinski definition) is 6. The molecule has 6 N–H and O–H groups in total. The summed E-state index contributed by atoms with van der Waals surface area (Å²) in [6.45, 7) is 4.78. The number of carboxylic acid groups (broad SMARTS) is 1. The number of rotatable bonds is 14. The number of phenolic OH excluding ortho intramolecular Hbond substituents is 1. The number of amides is 3. The van der Waals surface area contributed by atoms with E-state index in [2.05, 4.69) is 20.9 Å². The number of carbonyl (C=O) groups is 5. The molecular weight excluding hydrogens is 632 g/mol. The van der Waals surface area contributed by atoms with Gasteiger partial charge in [-0.1, -0.05) is 60.7 Å². The van der Waals surface area contributed by atoms with Gasteiger partial charge in [0.15, 0.2) is 0 Å². The Labute approximate surface area is 283 Å². The van der Waals surface area contributed by atoms with E-state index in [1.807, 2.05) is 30.3 Å². The van der Waals surface area contributed by atoms with Crippen LogP contribution in [0.15, 0.2) is 85.1 Å². The maximum absolute atomic E-state index is 14.0. The van der Waals surface area contributed by atoms with Crippen molar-refractivity contribution in [3.05, 3.63) is 102 Å². The van der Waals surface area contributed by atoms with Gasteiger partial charge in [0.05, 0.1) is 6.42 Å². The smallest absolute Gasteiger partial charge is 0.408 e. The van der Waals surface area contributed by atoms with Gasteiger partial charge in [-0.05, 0) is 55.7 Å². The number of aromatic hydroxyl groups is 1. The van der Waals surface area contributed by atoms with Crippen LogP contribution in [0.3, 0.4) is 0 Å². The number of ether oxygens (including phenoxy) is 2. The minimum atomic E-state index is -1.60. The highest BCUT2D eigenvalue weighted by molar-refractivity contribution is 5.95. The molecule has 0 aliphatic rings. The number of hydrogen-bond acceptors (Lipinski definition) is 8. The van der Waals surface area contributed by atoms with Crippen LogP contribution in [-0.2, 0) is 48.1 Å². The van der Waals surface area contributed by atoms with E-state index >= 15 is 0 Å². The van der Waals surface area contributed by atoms with Gasteiger partial charge >= 0.3 is 18.0 Å². The molecule has 1 aromatic heterocycles. The fraction of sp³-hybridized carbons (Fsp3) is 0.306. The van der Waals surface area contributed by atoms with Gasteiger partial charge in [-0.15, -0.1) is 0 Å². The molecule has 4 aromatic rings. The number of aromatic nitrogens is 1. The third-order valence-electron chi connectivity index (χ3n) is 7.32. The Morgan fingerprint density at radius 1 is 0.755 bits per heavy atom. The average molecular weight is 673 g/mol. The predicted molar refractivity (Wildman–Crippen MR) is 179 cm³/mol. The zero-order valence-corrected chi connectivity index (χ0v) is 27.4. The summed E-state index contributed by atoms with van der Waals surface area (Å²) in [5.74, 6) is -3.85. The van der Waals surface area contributed by atoms with Gasteiger partial charge in [-0.3, -0.25) is 14.4 Å². The van der Waals surface area contributed by atoms with Crippen molar-refractivity contribution in [2.45, 2.75) is 70.4 Å². The van der Waals surface area contributed by atoms with Gasteiger partial charge in [0.2, 0.25) is 11.8 Å². The molecule has 0 unspecified atom stereocenters. The van der Waals surface area contributed by atoms with Crippen molar-refractivity contribution in [1.82, 2.24) is 20.9 Å². The fourth-order valence-electron chi connectivity index (χ4n) is 5.00. The topological polar surface area (TPSA) is 196 Å². The Bertz CT molecular complexity index is 1760. The second-order valence-corrected chi connectivity index (χ2v) is 12.4.